The molecular formula is C44H87NO4. The molecule has 0 heterocycles. The largest absolute Gasteiger partial charge is 0.394 e. The number of aliphatic hydroxyl groups is 3. The van der Waals surface area contributed by atoms with Gasteiger partial charge in [-0.15, -0.1) is 0 Å². The average Bonchev–Trinajstić information content (AvgIpc) is 3.09. The summed E-state index contributed by atoms with van der Waals surface area (Å²) in [4.78, 5) is 12.4. The van der Waals surface area contributed by atoms with Crippen LogP contribution in [-0.4, -0.2) is 46.1 Å². The van der Waals surface area contributed by atoms with Crippen molar-refractivity contribution in [3.63, 3.8) is 0 Å². The standard InChI is InChI=1S/C44H87NO4/c1-3-5-7-9-11-13-15-17-19-21-22-23-25-27-29-31-33-35-37-41(47)39-44(49)45-42(40-46)43(48)38-36-34-32-30-28-26-24-20-18-16-14-12-10-8-6-4-2/h22-23,41-43,46-48H,3-21,24-40H2,1-2H3,(H,45,49)/b23-22-. The number of unbranched alkanes of at least 4 members (excludes halogenated alkanes) is 29. The molecule has 0 aromatic heterocycles. The van der Waals surface area contributed by atoms with Crippen molar-refractivity contribution in [3.8, 4) is 0 Å². The molecule has 0 saturated carbocycles. The van der Waals surface area contributed by atoms with Gasteiger partial charge in [0.15, 0.2) is 0 Å². The van der Waals surface area contributed by atoms with E-state index in [1.165, 1.54) is 173 Å². The summed E-state index contributed by atoms with van der Waals surface area (Å²) in [6, 6.07) is -0.657. The predicted octanol–water partition coefficient (Wildman–Crippen LogP) is 12.4. The second-order valence-corrected chi connectivity index (χ2v) is 15.3. The van der Waals surface area contributed by atoms with Gasteiger partial charge in [0.05, 0.1) is 31.3 Å². The smallest absolute Gasteiger partial charge is 0.222 e. The van der Waals surface area contributed by atoms with Crippen molar-refractivity contribution in [1.29, 1.82) is 0 Å². The van der Waals surface area contributed by atoms with Gasteiger partial charge in [-0.1, -0.05) is 206 Å². The van der Waals surface area contributed by atoms with Gasteiger partial charge in [-0.25, -0.2) is 0 Å². The van der Waals surface area contributed by atoms with Gasteiger partial charge in [-0.3, -0.25) is 4.79 Å². The van der Waals surface area contributed by atoms with Crippen LogP contribution in [0.1, 0.15) is 239 Å². The lowest BCUT2D eigenvalue weighted by atomic mass is 10.0. The number of carbonyl (C=O) groups excluding carboxylic acids is 1. The summed E-state index contributed by atoms with van der Waals surface area (Å²) in [6.07, 6.45) is 46.0. The quantitative estimate of drug-likeness (QED) is 0.0380. The van der Waals surface area contributed by atoms with Crippen molar-refractivity contribution >= 4 is 5.91 Å². The van der Waals surface area contributed by atoms with E-state index < -0.39 is 18.2 Å². The zero-order valence-electron chi connectivity index (χ0n) is 33.1. The summed E-state index contributed by atoms with van der Waals surface area (Å²) in [7, 11) is 0. The molecule has 0 aliphatic heterocycles. The van der Waals surface area contributed by atoms with E-state index in [4.69, 9.17) is 0 Å². The zero-order valence-corrected chi connectivity index (χ0v) is 33.1. The monoisotopic (exact) mass is 694 g/mol. The SMILES string of the molecule is CCCCCCCCCCC/C=C\CCCCCCCC(O)CC(=O)NC(CO)C(O)CCCCCCCCCCCCCCCCCC. The molecule has 1 amide bonds. The molecule has 0 fully saturated rings. The minimum absolute atomic E-state index is 0.0338. The molecule has 3 unspecified atom stereocenters. The minimum atomic E-state index is -0.748. The topological polar surface area (TPSA) is 89.8 Å². The Kier molecular flexibility index (Phi) is 39.1. The van der Waals surface area contributed by atoms with Crippen LogP contribution in [0.3, 0.4) is 0 Å². The fourth-order valence-electron chi connectivity index (χ4n) is 6.93. The lowest BCUT2D eigenvalue weighted by Crippen LogP contribution is -2.46. The number of hydrogen-bond acceptors (Lipinski definition) is 4. The van der Waals surface area contributed by atoms with E-state index in [9.17, 15) is 20.1 Å². The Bertz CT molecular complexity index is 684. The Morgan fingerprint density at radius 3 is 1.18 bits per heavy atom. The van der Waals surface area contributed by atoms with Gasteiger partial charge in [0.1, 0.15) is 0 Å². The van der Waals surface area contributed by atoms with Crippen LogP contribution < -0.4 is 5.32 Å². The van der Waals surface area contributed by atoms with E-state index in [0.29, 0.717) is 12.8 Å². The van der Waals surface area contributed by atoms with E-state index in [2.05, 4.69) is 31.3 Å². The molecule has 0 bridgehead atoms. The Labute approximate surface area is 306 Å². The van der Waals surface area contributed by atoms with Crippen molar-refractivity contribution < 1.29 is 20.1 Å². The van der Waals surface area contributed by atoms with E-state index in [1.54, 1.807) is 0 Å². The lowest BCUT2D eigenvalue weighted by molar-refractivity contribution is -0.125. The highest BCUT2D eigenvalue weighted by molar-refractivity contribution is 5.76. The molecule has 0 radical (unpaired) electrons. The maximum absolute atomic E-state index is 12.4. The fourth-order valence-corrected chi connectivity index (χ4v) is 6.93. The third-order valence-electron chi connectivity index (χ3n) is 10.3. The van der Waals surface area contributed by atoms with Crippen LogP contribution in [0.4, 0.5) is 0 Å². The normalized spacial score (nSPS) is 13.7. The summed E-state index contributed by atoms with van der Waals surface area (Å²) >= 11 is 0. The van der Waals surface area contributed by atoms with Crippen LogP contribution in [0.25, 0.3) is 0 Å². The van der Waals surface area contributed by atoms with E-state index in [-0.39, 0.29) is 18.9 Å². The van der Waals surface area contributed by atoms with Crippen molar-refractivity contribution in [2.24, 2.45) is 0 Å². The van der Waals surface area contributed by atoms with Gasteiger partial charge in [0.25, 0.3) is 0 Å². The first-order valence-electron chi connectivity index (χ1n) is 22.0. The third kappa shape index (κ3) is 36.7. The number of hydrogen-bond donors (Lipinski definition) is 4. The molecular weight excluding hydrogens is 606 g/mol. The van der Waals surface area contributed by atoms with Crippen LogP contribution >= 0.6 is 0 Å². The van der Waals surface area contributed by atoms with Crippen LogP contribution in [0.15, 0.2) is 12.2 Å². The lowest BCUT2D eigenvalue weighted by Gasteiger charge is -2.23. The Morgan fingerprint density at radius 2 is 0.816 bits per heavy atom. The molecule has 0 aromatic carbocycles. The van der Waals surface area contributed by atoms with Crippen molar-refractivity contribution in [2.75, 3.05) is 6.61 Å². The first kappa shape index (κ1) is 48.1. The molecule has 4 N–H and O–H groups in total. The molecule has 292 valence electrons. The molecule has 0 saturated heterocycles. The van der Waals surface area contributed by atoms with Crippen LogP contribution in [0, 0.1) is 0 Å². The summed E-state index contributed by atoms with van der Waals surface area (Å²) in [6.45, 7) is 4.27. The van der Waals surface area contributed by atoms with Crippen LogP contribution in [0.2, 0.25) is 0 Å². The molecule has 0 spiro atoms. The van der Waals surface area contributed by atoms with Crippen molar-refractivity contribution in [2.45, 2.75) is 257 Å². The number of aliphatic hydroxyl groups excluding tert-OH is 3. The van der Waals surface area contributed by atoms with Crippen molar-refractivity contribution in [3.05, 3.63) is 12.2 Å². The second-order valence-electron chi connectivity index (χ2n) is 15.3. The first-order chi connectivity index (χ1) is 24.0. The molecule has 5 heteroatoms. The number of allylic oxidation sites excluding steroid dienone is 2. The van der Waals surface area contributed by atoms with E-state index >= 15 is 0 Å². The van der Waals surface area contributed by atoms with E-state index in [0.717, 1.165) is 32.1 Å². The summed E-state index contributed by atoms with van der Waals surface area (Å²) in [5, 5.41) is 33.4. The summed E-state index contributed by atoms with van der Waals surface area (Å²) in [5.74, 6) is -0.285. The van der Waals surface area contributed by atoms with Gasteiger partial charge >= 0.3 is 0 Å². The van der Waals surface area contributed by atoms with E-state index in [1.807, 2.05) is 0 Å². The average molecular weight is 694 g/mol. The summed E-state index contributed by atoms with van der Waals surface area (Å²) < 4.78 is 0. The minimum Gasteiger partial charge on any atom is -0.394 e. The molecule has 0 aliphatic rings. The highest BCUT2D eigenvalue weighted by Gasteiger charge is 2.21. The maximum atomic E-state index is 12.4. The molecule has 3 atom stereocenters. The van der Waals surface area contributed by atoms with Gasteiger partial charge in [-0.05, 0) is 38.5 Å². The Balaban J connectivity index is 3.62. The molecule has 0 aromatic rings. The number of rotatable bonds is 40. The maximum Gasteiger partial charge on any atom is 0.222 e. The molecule has 0 rings (SSSR count). The molecule has 5 nitrogen and oxygen atoms in total. The summed E-state index contributed by atoms with van der Waals surface area (Å²) in [5.41, 5.74) is 0. The second kappa shape index (κ2) is 39.9. The number of nitrogens with one attached hydrogen (secondary N) is 1. The first-order valence-corrected chi connectivity index (χ1v) is 22.0. The Hall–Kier alpha value is -0.910. The fraction of sp³-hybridized carbons (Fsp3) is 0.932. The molecule has 0 aliphatic carbocycles. The van der Waals surface area contributed by atoms with Gasteiger partial charge in [0, 0.05) is 0 Å². The Morgan fingerprint density at radius 1 is 0.490 bits per heavy atom. The van der Waals surface area contributed by atoms with Crippen LogP contribution in [-0.2, 0) is 4.79 Å². The highest BCUT2D eigenvalue weighted by Crippen LogP contribution is 2.16. The van der Waals surface area contributed by atoms with Gasteiger partial charge < -0.3 is 20.6 Å². The van der Waals surface area contributed by atoms with Gasteiger partial charge in [0.2, 0.25) is 5.91 Å². The molecule has 49 heavy (non-hydrogen) atoms. The number of carbonyl (C=O) groups is 1. The van der Waals surface area contributed by atoms with Crippen molar-refractivity contribution in [1.82, 2.24) is 5.32 Å². The van der Waals surface area contributed by atoms with Crippen LogP contribution in [0.5, 0.6) is 0 Å². The number of amides is 1. The predicted molar refractivity (Wildman–Crippen MR) is 213 cm³/mol. The third-order valence-corrected chi connectivity index (χ3v) is 10.3. The highest BCUT2D eigenvalue weighted by atomic mass is 16.3. The zero-order chi connectivity index (χ0) is 35.9. The van der Waals surface area contributed by atoms with Gasteiger partial charge in [-0.2, -0.15) is 0 Å².